The summed E-state index contributed by atoms with van der Waals surface area (Å²) >= 11 is 0. The average molecular weight is 266 g/mol. The van der Waals surface area contributed by atoms with Crippen molar-refractivity contribution in [3.63, 3.8) is 0 Å². The molecule has 0 aliphatic carbocycles. The first-order valence-corrected chi connectivity index (χ1v) is 6.62. The third-order valence-corrected chi connectivity index (χ3v) is 2.58. The number of amides is 1. The zero-order valence-corrected chi connectivity index (χ0v) is 11.7. The van der Waals surface area contributed by atoms with Crippen LogP contribution in [0.25, 0.3) is 0 Å². The molecule has 0 aromatic carbocycles. The number of carbonyl (C=O) groups excluding carboxylic acids is 1. The van der Waals surface area contributed by atoms with Crippen LogP contribution >= 0.6 is 0 Å². The molecule has 1 aromatic rings. The first-order valence-electron chi connectivity index (χ1n) is 6.62. The van der Waals surface area contributed by atoms with Crippen LogP contribution in [-0.4, -0.2) is 34.8 Å². The van der Waals surface area contributed by atoms with E-state index in [4.69, 9.17) is 4.74 Å². The molecule has 0 aliphatic rings. The summed E-state index contributed by atoms with van der Waals surface area (Å²) in [5.74, 6) is 0.200. The summed E-state index contributed by atoms with van der Waals surface area (Å²) in [5.41, 5.74) is 0.280. The van der Waals surface area contributed by atoms with Gasteiger partial charge in [0.2, 0.25) is 0 Å². The number of ether oxygens (including phenoxy) is 1. The molecule has 0 bridgehead atoms. The van der Waals surface area contributed by atoms with E-state index in [0.717, 1.165) is 0 Å². The van der Waals surface area contributed by atoms with Crippen molar-refractivity contribution < 1.29 is 14.6 Å². The number of pyridine rings is 1. The zero-order valence-electron chi connectivity index (χ0n) is 11.7. The summed E-state index contributed by atoms with van der Waals surface area (Å²) in [4.78, 5) is 16.0. The molecule has 0 fully saturated rings. The van der Waals surface area contributed by atoms with E-state index >= 15 is 0 Å². The van der Waals surface area contributed by atoms with E-state index in [1.807, 2.05) is 20.8 Å². The minimum absolute atomic E-state index is 0.0161. The second-order valence-electron chi connectivity index (χ2n) is 4.62. The standard InChI is InChI=1S/C14H22N2O3/c1-4-11(17)7-9-16-14(18)13-12(19-10(2)3)6-5-8-15-13/h5-6,8,10-11,17H,4,7,9H2,1-3H3,(H,16,18). The molecule has 5 heteroatoms. The maximum atomic E-state index is 12.0. The number of rotatable bonds is 7. The van der Waals surface area contributed by atoms with Crippen LogP contribution < -0.4 is 10.1 Å². The Hall–Kier alpha value is -1.62. The van der Waals surface area contributed by atoms with E-state index in [9.17, 15) is 9.90 Å². The Morgan fingerprint density at radius 1 is 1.53 bits per heavy atom. The Labute approximate surface area is 114 Å². The van der Waals surface area contributed by atoms with Crippen LogP contribution in [0.3, 0.4) is 0 Å². The van der Waals surface area contributed by atoms with Crippen LogP contribution in [0.1, 0.15) is 44.1 Å². The lowest BCUT2D eigenvalue weighted by molar-refractivity contribution is 0.0930. The quantitative estimate of drug-likeness (QED) is 0.789. The van der Waals surface area contributed by atoms with Crippen LogP contribution in [0.5, 0.6) is 5.75 Å². The maximum Gasteiger partial charge on any atom is 0.273 e. The van der Waals surface area contributed by atoms with Gasteiger partial charge in [-0.25, -0.2) is 4.98 Å². The fourth-order valence-corrected chi connectivity index (χ4v) is 1.55. The van der Waals surface area contributed by atoms with E-state index < -0.39 is 0 Å². The van der Waals surface area contributed by atoms with Gasteiger partial charge >= 0.3 is 0 Å². The summed E-state index contributed by atoms with van der Waals surface area (Å²) in [6.07, 6.45) is 2.38. The highest BCUT2D eigenvalue weighted by molar-refractivity contribution is 5.94. The number of hydrogen-bond acceptors (Lipinski definition) is 4. The number of nitrogens with one attached hydrogen (secondary N) is 1. The smallest absolute Gasteiger partial charge is 0.273 e. The average Bonchev–Trinajstić information content (AvgIpc) is 2.38. The van der Waals surface area contributed by atoms with Crippen molar-refractivity contribution in [2.45, 2.75) is 45.8 Å². The van der Waals surface area contributed by atoms with Crippen LogP contribution in [0.4, 0.5) is 0 Å². The molecule has 106 valence electrons. The van der Waals surface area contributed by atoms with Crippen molar-refractivity contribution in [2.75, 3.05) is 6.54 Å². The second kappa shape index (κ2) is 7.74. The van der Waals surface area contributed by atoms with Crippen molar-refractivity contribution in [2.24, 2.45) is 0 Å². The fourth-order valence-electron chi connectivity index (χ4n) is 1.55. The largest absolute Gasteiger partial charge is 0.489 e. The molecule has 1 atom stereocenters. The van der Waals surface area contributed by atoms with E-state index in [-0.39, 0.29) is 23.8 Å². The van der Waals surface area contributed by atoms with Crippen molar-refractivity contribution in [3.05, 3.63) is 24.0 Å². The molecule has 2 N–H and O–H groups in total. The van der Waals surface area contributed by atoms with Gasteiger partial charge in [-0.1, -0.05) is 6.92 Å². The van der Waals surface area contributed by atoms with E-state index in [0.29, 0.717) is 25.1 Å². The summed E-state index contributed by atoms with van der Waals surface area (Å²) < 4.78 is 5.54. The van der Waals surface area contributed by atoms with Crippen LogP contribution in [0, 0.1) is 0 Å². The summed E-state index contributed by atoms with van der Waals surface area (Å²) in [6.45, 7) is 6.12. The molecule has 0 aliphatic heterocycles. The van der Waals surface area contributed by atoms with Crippen LogP contribution in [0.15, 0.2) is 18.3 Å². The fraction of sp³-hybridized carbons (Fsp3) is 0.571. The van der Waals surface area contributed by atoms with Crippen molar-refractivity contribution >= 4 is 5.91 Å². The van der Waals surface area contributed by atoms with Gasteiger partial charge in [0.15, 0.2) is 11.4 Å². The second-order valence-corrected chi connectivity index (χ2v) is 4.62. The first-order chi connectivity index (χ1) is 9.04. The summed E-state index contributed by atoms with van der Waals surface area (Å²) in [6, 6.07) is 3.46. The lowest BCUT2D eigenvalue weighted by atomic mass is 10.2. The van der Waals surface area contributed by atoms with Gasteiger partial charge in [-0.05, 0) is 38.8 Å². The molecule has 19 heavy (non-hydrogen) atoms. The SMILES string of the molecule is CCC(O)CCNC(=O)c1ncccc1OC(C)C. The predicted molar refractivity (Wildman–Crippen MR) is 73.2 cm³/mol. The molecule has 1 unspecified atom stereocenters. The van der Waals surface area contributed by atoms with Gasteiger partial charge in [0.25, 0.3) is 5.91 Å². The first kappa shape index (κ1) is 15.4. The Morgan fingerprint density at radius 2 is 2.26 bits per heavy atom. The molecule has 1 rings (SSSR count). The van der Waals surface area contributed by atoms with Gasteiger partial charge in [-0.15, -0.1) is 0 Å². The van der Waals surface area contributed by atoms with Gasteiger partial charge in [0.1, 0.15) is 0 Å². The predicted octanol–water partition coefficient (Wildman–Crippen LogP) is 1.76. The molecule has 1 amide bonds. The third kappa shape index (κ3) is 5.26. The van der Waals surface area contributed by atoms with E-state index in [1.165, 1.54) is 0 Å². The molecule has 0 radical (unpaired) electrons. The number of hydrogen-bond donors (Lipinski definition) is 2. The number of aliphatic hydroxyl groups is 1. The highest BCUT2D eigenvalue weighted by Gasteiger charge is 2.14. The summed E-state index contributed by atoms with van der Waals surface area (Å²) in [5, 5.41) is 12.2. The number of nitrogens with zero attached hydrogens (tertiary/aromatic N) is 1. The number of aliphatic hydroxyl groups excluding tert-OH is 1. The number of aromatic nitrogens is 1. The van der Waals surface area contributed by atoms with Gasteiger partial charge in [-0.2, -0.15) is 0 Å². The Morgan fingerprint density at radius 3 is 2.89 bits per heavy atom. The highest BCUT2D eigenvalue weighted by atomic mass is 16.5. The molecule has 5 nitrogen and oxygen atoms in total. The monoisotopic (exact) mass is 266 g/mol. The Kier molecular flexibility index (Phi) is 6.29. The molecular weight excluding hydrogens is 244 g/mol. The van der Waals surface area contributed by atoms with Crippen LogP contribution in [-0.2, 0) is 0 Å². The zero-order chi connectivity index (χ0) is 14.3. The molecule has 0 spiro atoms. The molecule has 1 aromatic heterocycles. The van der Waals surface area contributed by atoms with E-state index in [2.05, 4.69) is 10.3 Å². The lowest BCUT2D eigenvalue weighted by Crippen LogP contribution is -2.28. The van der Waals surface area contributed by atoms with Gasteiger partial charge < -0.3 is 15.2 Å². The van der Waals surface area contributed by atoms with Crippen molar-refractivity contribution in [3.8, 4) is 5.75 Å². The molecule has 0 saturated heterocycles. The minimum Gasteiger partial charge on any atom is -0.489 e. The summed E-state index contributed by atoms with van der Waals surface area (Å²) in [7, 11) is 0. The van der Waals surface area contributed by atoms with E-state index in [1.54, 1.807) is 18.3 Å². The maximum absolute atomic E-state index is 12.0. The van der Waals surface area contributed by atoms with Gasteiger partial charge in [0, 0.05) is 12.7 Å². The lowest BCUT2D eigenvalue weighted by Gasteiger charge is -2.13. The minimum atomic E-state index is -0.379. The molecule has 1 heterocycles. The topological polar surface area (TPSA) is 71.5 Å². The number of carbonyl (C=O) groups is 1. The van der Waals surface area contributed by atoms with Gasteiger partial charge in [0.05, 0.1) is 12.2 Å². The Balaban J connectivity index is 2.61. The van der Waals surface area contributed by atoms with Crippen LogP contribution in [0.2, 0.25) is 0 Å². The highest BCUT2D eigenvalue weighted by Crippen LogP contribution is 2.16. The normalized spacial score (nSPS) is 12.3. The van der Waals surface area contributed by atoms with Crippen molar-refractivity contribution in [1.82, 2.24) is 10.3 Å². The third-order valence-electron chi connectivity index (χ3n) is 2.58. The molecule has 0 saturated carbocycles. The van der Waals surface area contributed by atoms with Gasteiger partial charge in [-0.3, -0.25) is 4.79 Å². The molecular formula is C14H22N2O3. The Bertz CT molecular complexity index is 407. The van der Waals surface area contributed by atoms with Crippen molar-refractivity contribution in [1.29, 1.82) is 0 Å².